The minimum atomic E-state index is -0.432. The number of hydrogen-bond acceptors (Lipinski definition) is 5. The Morgan fingerprint density at radius 2 is 1.61 bits per heavy atom. The van der Waals surface area contributed by atoms with Gasteiger partial charge < -0.3 is 20.7 Å². The standard InChI is InChI=1S/C23H27N3O4S/c1-16(2)22(29)24-18-9-6-10-19(15-18)25-23(31)26-20(27)11-12-21(28)30-14-13-17-7-4-3-5-8-17/h3-10,15-16H,11-14H2,1-2H3,(H,24,29)(H2,25,26,27,31). The second-order valence-corrected chi connectivity index (χ2v) is 7.59. The first kappa shape index (κ1) is 24.0. The Morgan fingerprint density at radius 3 is 2.29 bits per heavy atom. The highest BCUT2D eigenvalue weighted by Gasteiger charge is 2.11. The molecule has 7 nitrogen and oxygen atoms in total. The van der Waals surface area contributed by atoms with Gasteiger partial charge in [0.2, 0.25) is 11.8 Å². The normalized spacial score (nSPS) is 10.3. The molecule has 0 bridgehead atoms. The van der Waals surface area contributed by atoms with Gasteiger partial charge in [0.25, 0.3) is 0 Å². The van der Waals surface area contributed by atoms with Gasteiger partial charge in [-0.25, -0.2) is 0 Å². The Bertz CT molecular complexity index is 916. The smallest absolute Gasteiger partial charge is 0.306 e. The van der Waals surface area contributed by atoms with Crippen LogP contribution in [0.5, 0.6) is 0 Å². The van der Waals surface area contributed by atoms with Crippen LogP contribution in [0.4, 0.5) is 11.4 Å². The van der Waals surface area contributed by atoms with Crippen LogP contribution in [0.3, 0.4) is 0 Å². The molecule has 0 aliphatic heterocycles. The lowest BCUT2D eigenvalue weighted by molar-refractivity contribution is -0.144. The molecule has 0 spiro atoms. The fraction of sp³-hybridized carbons (Fsp3) is 0.304. The summed E-state index contributed by atoms with van der Waals surface area (Å²) >= 11 is 5.14. The number of carbonyl (C=O) groups is 3. The number of thiocarbonyl (C=S) groups is 1. The lowest BCUT2D eigenvalue weighted by Gasteiger charge is -2.12. The van der Waals surface area contributed by atoms with Crippen molar-refractivity contribution in [1.82, 2.24) is 5.32 Å². The molecule has 2 aromatic rings. The molecule has 2 aromatic carbocycles. The average molecular weight is 442 g/mol. The van der Waals surface area contributed by atoms with E-state index in [4.69, 9.17) is 17.0 Å². The molecule has 0 heterocycles. The van der Waals surface area contributed by atoms with E-state index < -0.39 is 5.97 Å². The van der Waals surface area contributed by atoms with Gasteiger partial charge in [0, 0.05) is 30.1 Å². The lowest BCUT2D eigenvalue weighted by Crippen LogP contribution is -2.34. The molecule has 0 saturated carbocycles. The van der Waals surface area contributed by atoms with E-state index in [2.05, 4.69) is 16.0 Å². The molecule has 0 unspecified atom stereocenters. The molecule has 0 saturated heterocycles. The zero-order chi connectivity index (χ0) is 22.6. The van der Waals surface area contributed by atoms with Gasteiger partial charge in [-0.2, -0.15) is 0 Å². The Hall–Kier alpha value is -3.26. The van der Waals surface area contributed by atoms with Crippen molar-refractivity contribution >= 4 is 46.5 Å². The Kier molecular flexibility index (Phi) is 9.64. The van der Waals surface area contributed by atoms with Crippen molar-refractivity contribution in [3.8, 4) is 0 Å². The summed E-state index contributed by atoms with van der Waals surface area (Å²) in [5, 5.41) is 8.32. The van der Waals surface area contributed by atoms with E-state index in [1.54, 1.807) is 38.1 Å². The van der Waals surface area contributed by atoms with Crippen molar-refractivity contribution in [2.45, 2.75) is 33.1 Å². The number of hydrogen-bond donors (Lipinski definition) is 3. The van der Waals surface area contributed by atoms with Crippen LogP contribution < -0.4 is 16.0 Å². The maximum Gasteiger partial charge on any atom is 0.306 e. The zero-order valence-corrected chi connectivity index (χ0v) is 18.5. The largest absolute Gasteiger partial charge is 0.465 e. The fourth-order valence-corrected chi connectivity index (χ4v) is 2.76. The molecule has 3 N–H and O–H groups in total. The van der Waals surface area contributed by atoms with Crippen LogP contribution in [0.25, 0.3) is 0 Å². The first-order valence-electron chi connectivity index (χ1n) is 10.0. The van der Waals surface area contributed by atoms with Crippen molar-refractivity contribution < 1.29 is 19.1 Å². The number of rotatable bonds is 9. The molecule has 0 aromatic heterocycles. The Morgan fingerprint density at radius 1 is 0.935 bits per heavy atom. The second-order valence-electron chi connectivity index (χ2n) is 7.18. The van der Waals surface area contributed by atoms with Gasteiger partial charge in [0.05, 0.1) is 13.0 Å². The third kappa shape index (κ3) is 9.39. The van der Waals surface area contributed by atoms with Gasteiger partial charge in [-0.05, 0) is 36.0 Å². The summed E-state index contributed by atoms with van der Waals surface area (Å²) in [7, 11) is 0. The highest BCUT2D eigenvalue weighted by Crippen LogP contribution is 2.16. The molecular formula is C23H27N3O4S. The van der Waals surface area contributed by atoms with E-state index in [9.17, 15) is 14.4 Å². The monoisotopic (exact) mass is 441 g/mol. The first-order chi connectivity index (χ1) is 14.8. The maximum atomic E-state index is 12.0. The van der Waals surface area contributed by atoms with Crippen LogP contribution in [0.1, 0.15) is 32.3 Å². The van der Waals surface area contributed by atoms with E-state index >= 15 is 0 Å². The summed E-state index contributed by atoms with van der Waals surface area (Å²) in [6.45, 7) is 3.89. The minimum Gasteiger partial charge on any atom is -0.465 e. The molecular weight excluding hydrogens is 414 g/mol. The molecule has 31 heavy (non-hydrogen) atoms. The summed E-state index contributed by atoms with van der Waals surface area (Å²) in [5.74, 6) is -1.05. The number of esters is 1. The van der Waals surface area contributed by atoms with E-state index in [0.29, 0.717) is 17.8 Å². The molecule has 0 radical (unpaired) electrons. The van der Waals surface area contributed by atoms with E-state index in [-0.39, 0.29) is 42.3 Å². The van der Waals surface area contributed by atoms with E-state index in [0.717, 1.165) is 5.56 Å². The third-order valence-electron chi connectivity index (χ3n) is 4.22. The number of carbonyl (C=O) groups excluding carboxylic acids is 3. The van der Waals surface area contributed by atoms with Crippen LogP contribution in [0, 0.1) is 5.92 Å². The van der Waals surface area contributed by atoms with Crippen LogP contribution in [-0.4, -0.2) is 29.5 Å². The van der Waals surface area contributed by atoms with Crippen molar-refractivity contribution in [2.75, 3.05) is 17.2 Å². The molecule has 8 heteroatoms. The van der Waals surface area contributed by atoms with Crippen molar-refractivity contribution in [1.29, 1.82) is 0 Å². The molecule has 0 atom stereocenters. The van der Waals surface area contributed by atoms with Gasteiger partial charge in [-0.15, -0.1) is 0 Å². The zero-order valence-electron chi connectivity index (χ0n) is 17.6. The van der Waals surface area contributed by atoms with Gasteiger partial charge in [0.15, 0.2) is 5.11 Å². The SMILES string of the molecule is CC(C)C(=O)Nc1cccc(NC(=S)NC(=O)CCC(=O)OCCc2ccccc2)c1. The summed E-state index contributed by atoms with van der Waals surface area (Å²) in [6, 6.07) is 16.7. The summed E-state index contributed by atoms with van der Waals surface area (Å²) in [5.41, 5.74) is 2.32. The predicted octanol–water partition coefficient (Wildman–Crippen LogP) is 3.66. The van der Waals surface area contributed by atoms with Crippen LogP contribution in [-0.2, 0) is 25.5 Å². The summed E-state index contributed by atoms with van der Waals surface area (Å²) < 4.78 is 5.16. The highest BCUT2D eigenvalue weighted by atomic mass is 32.1. The van der Waals surface area contributed by atoms with Crippen molar-refractivity contribution in [3.63, 3.8) is 0 Å². The van der Waals surface area contributed by atoms with Crippen LogP contribution in [0.2, 0.25) is 0 Å². The van der Waals surface area contributed by atoms with Gasteiger partial charge in [-0.3, -0.25) is 14.4 Å². The van der Waals surface area contributed by atoms with Gasteiger partial charge >= 0.3 is 5.97 Å². The first-order valence-corrected chi connectivity index (χ1v) is 10.5. The maximum absolute atomic E-state index is 12.0. The van der Waals surface area contributed by atoms with E-state index in [1.165, 1.54) is 0 Å². The van der Waals surface area contributed by atoms with Gasteiger partial charge in [0.1, 0.15) is 0 Å². The Balaban J connectivity index is 1.69. The molecule has 164 valence electrons. The van der Waals surface area contributed by atoms with Crippen molar-refractivity contribution in [3.05, 3.63) is 60.2 Å². The second kappa shape index (κ2) is 12.4. The minimum absolute atomic E-state index is 0.0278. The van der Waals surface area contributed by atoms with Gasteiger partial charge in [-0.1, -0.05) is 50.2 Å². The number of ether oxygens (including phenoxy) is 1. The summed E-state index contributed by atoms with van der Waals surface area (Å²) in [6.07, 6.45) is 0.569. The topological polar surface area (TPSA) is 96.5 Å². The highest BCUT2D eigenvalue weighted by molar-refractivity contribution is 7.80. The summed E-state index contributed by atoms with van der Waals surface area (Å²) in [4.78, 5) is 35.6. The molecule has 2 amide bonds. The van der Waals surface area contributed by atoms with E-state index in [1.807, 2.05) is 30.3 Å². The number of anilines is 2. The predicted molar refractivity (Wildman–Crippen MR) is 125 cm³/mol. The average Bonchev–Trinajstić information content (AvgIpc) is 2.73. The molecule has 2 rings (SSSR count). The lowest BCUT2D eigenvalue weighted by atomic mass is 10.2. The molecule has 0 aliphatic carbocycles. The van der Waals surface area contributed by atoms with Crippen molar-refractivity contribution in [2.24, 2.45) is 5.92 Å². The quantitative estimate of drug-likeness (QED) is 0.406. The Labute approximate surface area is 187 Å². The third-order valence-corrected chi connectivity index (χ3v) is 4.42. The van der Waals surface area contributed by atoms with Crippen LogP contribution in [0.15, 0.2) is 54.6 Å². The number of benzene rings is 2. The molecule has 0 aliphatic rings. The fourth-order valence-electron chi connectivity index (χ4n) is 2.53. The number of amides is 2. The molecule has 0 fully saturated rings. The number of nitrogens with one attached hydrogen (secondary N) is 3. The van der Waals surface area contributed by atoms with Crippen LogP contribution >= 0.6 is 12.2 Å².